The van der Waals surface area contributed by atoms with Crippen LogP contribution in [0.2, 0.25) is 0 Å². The van der Waals surface area contributed by atoms with Gasteiger partial charge in [0.2, 0.25) is 5.95 Å². The highest BCUT2D eigenvalue weighted by Crippen LogP contribution is 2.21. The third-order valence-electron chi connectivity index (χ3n) is 4.38. The number of rotatable bonds is 7. The molecule has 2 aromatic heterocycles. The Bertz CT molecular complexity index is 961. The van der Waals surface area contributed by atoms with Crippen LogP contribution >= 0.6 is 0 Å². The lowest BCUT2D eigenvalue weighted by Gasteiger charge is -2.20. The summed E-state index contributed by atoms with van der Waals surface area (Å²) >= 11 is 0. The molecule has 0 aliphatic heterocycles. The van der Waals surface area contributed by atoms with Crippen molar-refractivity contribution >= 4 is 23.4 Å². The summed E-state index contributed by atoms with van der Waals surface area (Å²) in [5.74, 6) is 0.470. The summed E-state index contributed by atoms with van der Waals surface area (Å²) < 4.78 is 0. The van der Waals surface area contributed by atoms with Crippen molar-refractivity contribution < 1.29 is 9.90 Å². The third-order valence-corrected chi connectivity index (χ3v) is 4.38. The zero-order valence-electron chi connectivity index (χ0n) is 16.3. The van der Waals surface area contributed by atoms with Gasteiger partial charge in [0.25, 0.3) is 5.91 Å². The summed E-state index contributed by atoms with van der Waals surface area (Å²) in [6, 6.07) is 13.5. The fourth-order valence-electron chi connectivity index (χ4n) is 2.63. The molecule has 150 valence electrons. The number of hydrogen-bond acceptors (Lipinski definition) is 7. The van der Waals surface area contributed by atoms with E-state index in [1.165, 1.54) is 0 Å². The minimum absolute atomic E-state index is 0.0675. The molecule has 0 saturated carbocycles. The molecule has 1 aromatic carbocycles. The van der Waals surface area contributed by atoms with E-state index < -0.39 is 0 Å². The number of aliphatic hydroxyl groups is 1. The van der Waals surface area contributed by atoms with Crippen LogP contribution in [-0.4, -0.2) is 38.6 Å². The van der Waals surface area contributed by atoms with Gasteiger partial charge < -0.3 is 21.5 Å². The van der Waals surface area contributed by atoms with Gasteiger partial charge in [0, 0.05) is 23.5 Å². The number of hydrogen-bond donors (Lipinski definition) is 4. The molecule has 0 saturated heterocycles. The van der Waals surface area contributed by atoms with Crippen molar-refractivity contribution in [3.63, 3.8) is 0 Å². The lowest BCUT2D eigenvalue weighted by atomic mass is 10.1. The first-order valence-corrected chi connectivity index (χ1v) is 9.31. The van der Waals surface area contributed by atoms with Gasteiger partial charge in [-0.05, 0) is 42.3 Å². The van der Waals surface area contributed by atoms with Crippen molar-refractivity contribution in [1.82, 2.24) is 15.0 Å². The zero-order chi connectivity index (χ0) is 20.8. The maximum absolute atomic E-state index is 12.6. The van der Waals surface area contributed by atoms with Gasteiger partial charge in [0.05, 0.1) is 24.0 Å². The number of carbonyl (C=O) groups is 1. The van der Waals surface area contributed by atoms with E-state index in [2.05, 4.69) is 25.6 Å². The monoisotopic (exact) mass is 392 g/mol. The number of pyridine rings is 1. The van der Waals surface area contributed by atoms with Crippen molar-refractivity contribution in [3.05, 3.63) is 60.3 Å². The number of nitrogens with zero attached hydrogens (tertiary/aromatic N) is 3. The second kappa shape index (κ2) is 9.11. The van der Waals surface area contributed by atoms with Crippen molar-refractivity contribution in [2.75, 3.05) is 23.0 Å². The highest BCUT2D eigenvalue weighted by atomic mass is 16.3. The molecule has 5 N–H and O–H groups in total. The number of carbonyl (C=O) groups excluding carboxylic acids is 1. The second-order valence-corrected chi connectivity index (χ2v) is 6.93. The number of nitrogen functional groups attached to an aromatic ring is 1. The average Bonchev–Trinajstić information content (AvgIpc) is 2.72. The predicted molar refractivity (Wildman–Crippen MR) is 113 cm³/mol. The van der Waals surface area contributed by atoms with Crippen LogP contribution in [0.3, 0.4) is 0 Å². The molecule has 0 aliphatic rings. The third kappa shape index (κ3) is 5.26. The van der Waals surface area contributed by atoms with Crippen LogP contribution in [-0.2, 0) is 0 Å². The summed E-state index contributed by atoms with van der Waals surface area (Å²) in [6.07, 6.45) is 1.67. The number of nitrogens with two attached hydrogens (primary N) is 1. The minimum atomic E-state index is -0.316. The van der Waals surface area contributed by atoms with Gasteiger partial charge in [0.15, 0.2) is 0 Å². The Kier molecular flexibility index (Phi) is 6.36. The standard InChI is InChI=1S/C21H24N6O2/c1-13(2)18(12-28)25-21-24-17(16-5-3-4-10-23-16)11-19(27-21)26-20(29)14-6-8-15(22)9-7-14/h3-11,13,18,28H,12,22H2,1-2H3,(H2,24,25,26,27,29)/t18-/m0/s1. The molecule has 0 unspecified atom stereocenters. The summed E-state index contributed by atoms with van der Waals surface area (Å²) in [7, 11) is 0. The molecule has 1 amide bonds. The first kappa shape index (κ1) is 20.2. The largest absolute Gasteiger partial charge is 0.399 e. The maximum atomic E-state index is 12.6. The van der Waals surface area contributed by atoms with E-state index in [0.29, 0.717) is 34.4 Å². The van der Waals surface area contributed by atoms with Crippen molar-refractivity contribution in [3.8, 4) is 11.4 Å². The van der Waals surface area contributed by atoms with E-state index in [4.69, 9.17) is 5.73 Å². The van der Waals surface area contributed by atoms with E-state index in [-0.39, 0.29) is 24.5 Å². The normalized spacial score (nSPS) is 11.9. The first-order valence-electron chi connectivity index (χ1n) is 9.31. The van der Waals surface area contributed by atoms with E-state index in [0.717, 1.165) is 0 Å². The molecular formula is C21H24N6O2. The zero-order valence-corrected chi connectivity index (χ0v) is 16.3. The van der Waals surface area contributed by atoms with Gasteiger partial charge in [-0.2, -0.15) is 4.98 Å². The van der Waals surface area contributed by atoms with Crippen LogP contribution in [0.15, 0.2) is 54.7 Å². The van der Waals surface area contributed by atoms with E-state index in [9.17, 15) is 9.90 Å². The Morgan fingerprint density at radius 1 is 1.10 bits per heavy atom. The molecule has 0 fully saturated rings. The molecule has 2 heterocycles. The van der Waals surface area contributed by atoms with Crippen LogP contribution in [0.1, 0.15) is 24.2 Å². The van der Waals surface area contributed by atoms with Gasteiger partial charge in [-0.3, -0.25) is 9.78 Å². The Morgan fingerprint density at radius 3 is 2.48 bits per heavy atom. The van der Waals surface area contributed by atoms with Crippen LogP contribution in [0.25, 0.3) is 11.4 Å². The fraction of sp³-hybridized carbons (Fsp3) is 0.238. The number of nitrogens with one attached hydrogen (secondary N) is 2. The van der Waals surface area contributed by atoms with Crippen LogP contribution in [0.5, 0.6) is 0 Å². The van der Waals surface area contributed by atoms with E-state index >= 15 is 0 Å². The molecule has 8 nitrogen and oxygen atoms in total. The highest BCUT2D eigenvalue weighted by Gasteiger charge is 2.16. The molecule has 0 spiro atoms. The summed E-state index contributed by atoms with van der Waals surface area (Å²) in [5, 5.41) is 15.5. The van der Waals surface area contributed by atoms with Gasteiger partial charge in [-0.15, -0.1) is 0 Å². The SMILES string of the molecule is CC(C)[C@H](CO)Nc1nc(NC(=O)c2ccc(N)cc2)cc(-c2ccccn2)n1. The number of anilines is 3. The number of aliphatic hydroxyl groups excluding tert-OH is 1. The van der Waals surface area contributed by atoms with E-state index in [1.807, 2.05) is 32.0 Å². The van der Waals surface area contributed by atoms with E-state index in [1.54, 1.807) is 36.5 Å². The molecule has 0 aliphatic carbocycles. The topological polar surface area (TPSA) is 126 Å². The quantitative estimate of drug-likeness (QED) is 0.455. The highest BCUT2D eigenvalue weighted by molar-refractivity contribution is 6.04. The summed E-state index contributed by atoms with van der Waals surface area (Å²) in [6.45, 7) is 3.91. The van der Waals surface area contributed by atoms with Gasteiger partial charge in [-0.1, -0.05) is 19.9 Å². The summed E-state index contributed by atoms with van der Waals surface area (Å²) in [5.41, 5.74) is 7.92. The fourth-order valence-corrected chi connectivity index (χ4v) is 2.63. The molecular weight excluding hydrogens is 368 g/mol. The molecule has 0 bridgehead atoms. The van der Waals surface area contributed by atoms with Gasteiger partial charge in [0.1, 0.15) is 5.82 Å². The second-order valence-electron chi connectivity index (χ2n) is 6.93. The van der Waals surface area contributed by atoms with Crippen LogP contribution in [0.4, 0.5) is 17.5 Å². The molecule has 29 heavy (non-hydrogen) atoms. The number of amides is 1. The van der Waals surface area contributed by atoms with Crippen molar-refractivity contribution in [2.24, 2.45) is 5.92 Å². The Balaban J connectivity index is 1.93. The molecule has 1 atom stereocenters. The Labute approximate surface area is 169 Å². The minimum Gasteiger partial charge on any atom is -0.399 e. The van der Waals surface area contributed by atoms with Crippen molar-refractivity contribution in [2.45, 2.75) is 19.9 Å². The van der Waals surface area contributed by atoms with Gasteiger partial charge >= 0.3 is 0 Å². The number of benzene rings is 1. The van der Waals surface area contributed by atoms with Crippen molar-refractivity contribution in [1.29, 1.82) is 0 Å². The smallest absolute Gasteiger partial charge is 0.256 e. The summed E-state index contributed by atoms with van der Waals surface area (Å²) in [4.78, 5) is 25.8. The Hall–Kier alpha value is -3.52. The lowest BCUT2D eigenvalue weighted by molar-refractivity contribution is 0.102. The molecule has 0 radical (unpaired) electrons. The molecule has 8 heteroatoms. The molecule has 3 aromatic rings. The van der Waals surface area contributed by atoms with Crippen LogP contribution < -0.4 is 16.4 Å². The first-order chi connectivity index (χ1) is 14.0. The molecule has 3 rings (SSSR count). The predicted octanol–water partition coefficient (Wildman–Crippen LogP) is 2.80. The number of aromatic nitrogens is 3. The van der Waals surface area contributed by atoms with Gasteiger partial charge in [-0.25, -0.2) is 4.98 Å². The average molecular weight is 392 g/mol. The maximum Gasteiger partial charge on any atom is 0.256 e. The van der Waals surface area contributed by atoms with Crippen LogP contribution in [0, 0.1) is 5.92 Å². The Morgan fingerprint density at radius 2 is 1.86 bits per heavy atom. The lowest BCUT2D eigenvalue weighted by Crippen LogP contribution is -2.30.